The van der Waals surface area contributed by atoms with Gasteiger partial charge in [0.15, 0.2) is 11.5 Å². The van der Waals surface area contributed by atoms with Crippen LogP contribution < -0.4 is 4.90 Å². The fourth-order valence-electron chi connectivity index (χ4n) is 2.58. The lowest BCUT2D eigenvalue weighted by Gasteiger charge is -2.35. The molecule has 0 spiro atoms. The third-order valence-corrected chi connectivity index (χ3v) is 3.97. The summed E-state index contributed by atoms with van der Waals surface area (Å²) in [6.45, 7) is 6.14. The van der Waals surface area contributed by atoms with Gasteiger partial charge in [-0.05, 0) is 19.1 Å². The van der Waals surface area contributed by atoms with Gasteiger partial charge in [0.25, 0.3) is 5.91 Å². The Bertz CT molecular complexity index is 515. The zero-order valence-corrected chi connectivity index (χ0v) is 14.7. The van der Waals surface area contributed by atoms with E-state index < -0.39 is 6.10 Å². The molecule has 8 nitrogen and oxygen atoms in total. The zero-order valence-electron chi connectivity index (χ0n) is 14.7. The monoisotopic (exact) mass is 337 g/mol. The molecule has 2 heterocycles. The molecule has 1 amide bonds. The Morgan fingerprint density at radius 3 is 2.54 bits per heavy atom. The van der Waals surface area contributed by atoms with Gasteiger partial charge in [-0.1, -0.05) is 0 Å². The Hall–Kier alpha value is -1.77. The molecule has 1 saturated heterocycles. The Labute approximate surface area is 143 Å². The lowest BCUT2D eigenvalue weighted by atomic mass is 10.2. The number of aliphatic hydroxyl groups is 1. The van der Waals surface area contributed by atoms with Crippen molar-refractivity contribution in [2.45, 2.75) is 13.0 Å². The number of aliphatic hydroxyl groups excluding tert-OH is 1. The molecule has 0 unspecified atom stereocenters. The Balaban J connectivity index is 1.82. The van der Waals surface area contributed by atoms with Gasteiger partial charge in [0, 0.05) is 53.4 Å². The number of carbonyl (C=O) groups is 1. The smallest absolute Gasteiger partial charge is 0.274 e. The number of anilines is 1. The minimum Gasteiger partial charge on any atom is -0.389 e. The van der Waals surface area contributed by atoms with Gasteiger partial charge >= 0.3 is 0 Å². The van der Waals surface area contributed by atoms with Crippen LogP contribution in [0.4, 0.5) is 5.82 Å². The van der Waals surface area contributed by atoms with E-state index in [4.69, 9.17) is 4.74 Å². The van der Waals surface area contributed by atoms with Crippen LogP contribution in [0.25, 0.3) is 0 Å². The highest BCUT2D eigenvalue weighted by Gasteiger charge is 2.24. The van der Waals surface area contributed by atoms with Crippen LogP contribution in [-0.4, -0.2) is 97.1 Å². The van der Waals surface area contributed by atoms with E-state index in [0.717, 1.165) is 18.9 Å². The molecule has 0 aromatic carbocycles. The first-order chi connectivity index (χ1) is 11.5. The third kappa shape index (κ3) is 5.12. The summed E-state index contributed by atoms with van der Waals surface area (Å²) in [6.07, 6.45) is -0.489. The molecule has 1 aliphatic rings. The van der Waals surface area contributed by atoms with Crippen molar-refractivity contribution in [2.75, 3.05) is 64.9 Å². The topological polar surface area (TPSA) is 82.0 Å². The van der Waals surface area contributed by atoms with E-state index in [2.05, 4.69) is 15.1 Å². The normalized spacial score (nSPS) is 16.9. The second-order valence-electron chi connectivity index (χ2n) is 6.08. The van der Waals surface area contributed by atoms with Crippen molar-refractivity contribution < 1.29 is 14.6 Å². The van der Waals surface area contributed by atoms with Crippen LogP contribution >= 0.6 is 0 Å². The van der Waals surface area contributed by atoms with Crippen LogP contribution in [0, 0.1) is 0 Å². The number of hydrogen-bond acceptors (Lipinski definition) is 7. The number of aromatic nitrogens is 2. The number of piperazine rings is 1. The van der Waals surface area contributed by atoms with Crippen molar-refractivity contribution in [3.05, 3.63) is 17.8 Å². The molecule has 134 valence electrons. The van der Waals surface area contributed by atoms with Crippen LogP contribution in [-0.2, 0) is 4.74 Å². The summed E-state index contributed by atoms with van der Waals surface area (Å²) in [5, 5.41) is 18.0. The number of carbonyl (C=O) groups excluding carboxylic acids is 1. The number of β-amino-alcohol motifs (C(OH)–C–C–N with tert-alkyl or cyclic N) is 1. The highest BCUT2D eigenvalue weighted by Crippen LogP contribution is 2.10. The summed E-state index contributed by atoms with van der Waals surface area (Å²) in [6, 6.07) is 3.50. The second-order valence-corrected chi connectivity index (χ2v) is 6.08. The average molecular weight is 337 g/mol. The molecule has 24 heavy (non-hydrogen) atoms. The molecule has 0 radical (unpaired) electrons. The molecule has 1 atom stereocenters. The zero-order chi connectivity index (χ0) is 17.5. The van der Waals surface area contributed by atoms with E-state index in [1.54, 1.807) is 17.0 Å². The molecule has 2 rings (SSSR count). The standard InChI is InChI=1S/C16H27N5O3/c1-4-24-12-13(22)11-20-7-9-21(10-8-20)16(23)14-5-6-15(18-17-14)19(2)3/h5-6,13,22H,4,7-12H2,1-3H3/t13-/m1/s1. The number of hydrogen-bond donors (Lipinski definition) is 1. The minimum atomic E-state index is -0.489. The van der Waals surface area contributed by atoms with E-state index >= 15 is 0 Å². The number of amides is 1. The molecule has 1 aromatic rings. The van der Waals surface area contributed by atoms with Crippen molar-refractivity contribution in [2.24, 2.45) is 0 Å². The second kappa shape index (κ2) is 8.91. The quantitative estimate of drug-likeness (QED) is 0.731. The molecule has 0 aliphatic carbocycles. The van der Waals surface area contributed by atoms with Crippen LogP contribution in [0.5, 0.6) is 0 Å². The molecule has 1 aliphatic heterocycles. The van der Waals surface area contributed by atoms with Crippen LogP contribution in [0.15, 0.2) is 12.1 Å². The van der Waals surface area contributed by atoms with E-state index in [1.165, 1.54) is 0 Å². The van der Waals surface area contributed by atoms with Gasteiger partial charge in [-0.25, -0.2) is 0 Å². The molecular formula is C16H27N5O3. The van der Waals surface area contributed by atoms with Crippen molar-refractivity contribution in [3.8, 4) is 0 Å². The lowest BCUT2D eigenvalue weighted by Crippen LogP contribution is -2.51. The largest absolute Gasteiger partial charge is 0.389 e. The maximum atomic E-state index is 12.5. The van der Waals surface area contributed by atoms with Crippen LogP contribution in [0.2, 0.25) is 0 Å². The van der Waals surface area contributed by atoms with Gasteiger partial charge < -0.3 is 19.6 Å². The molecule has 1 N–H and O–H groups in total. The first kappa shape index (κ1) is 18.6. The van der Waals surface area contributed by atoms with Crippen molar-refractivity contribution in [3.63, 3.8) is 0 Å². The van der Waals surface area contributed by atoms with Gasteiger partial charge in [0.2, 0.25) is 0 Å². The summed E-state index contributed by atoms with van der Waals surface area (Å²) < 4.78 is 5.22. The number of rotatable bonds is 7. The lowest BCUT2D eigenvalue weighted by molar-refractivity contribution is 0.0110. The van der Waals surface area contributed by atoms with E-state index in [0.29, 0.717) is 38.5 Å². The van der Waals surface area contributed by atoms with E-state index in [-0.39, 0.29) is 5.91 Å². The fraction of sp³-hybridized carbons (Fsp3) is 0.688. The Morgan fingerprint density at radius 1 is 1.29 bits per heavy atom. The summed E-state index contributed by atoms with van der Waals surface area (Å²) in [7, 11) is 3.76. The van der Waals surface area contributed by atoms with Gasteiger partial charge in [-0.2, -0.15) is 0 Å². The SMILES string of the molecule is CCOC[C@H](O)CN1CCN(C(=O)c2ccc(N(C)C)nn2)CC1. The van der Waals surface area contributed by atoms with E-state index in [9.17, 15) is 9.90 Å². The summed E-state index contributed by atoms with van der Waals surface area (Å²) in [5.74, 6) is 0.627. The predicted molar refractivity (Wildman–Crippen MR) is 91.2 cm³/mol. The summed E-state index contributed by atoms with van der Waals surface area (Å²) in [4.78, 5) is 18.2. The Kier molecular flexibility index (Phi) is 6.89. The fourth-order valence-corrected chi connectivity index (χ4v) is 2.58. The predicted octanol–water partition coefficient (Wildman–Crippen LogP) is -0.302. The molecule has 8 heteroatoms. The molecule has 1 fully saturated rings. The van der Waals surface area contributed by atoms with Crippen LogP contribution in [0.1, 0.15) is 17.4 Å². The molecule has 0 bridgehead atoms. The maximum absolute atomic E-state index is 12.5. The first-order valence-corrected chi connectivity index (χ1v) is 8.29. The van der Waals surface area contributed by atoms with Crippen LogP contribution in [0.3, 0.4) is 0 Å². The van der Waals surface area contributed by atoms with Gasteiger partial charge in [-0.15, -0.1) is 10.2 Å². The molecule has 0 saturated carbocycles. The maximum Gasteiger partial charge on any atom is 0.274 e. The van der Waals surface area contributed by atoms with E-state index in [1.807, 2.05) is 25.9 Å². The van der Waals surface area contributed by atoms with Gasteiger partial charge in [0.05, 0.1) is 12.7 Å². The van der Waals surface area contributed by atoms with Gasteiger partial charge in [-0.3, -0.25) is 9.69 Å². The minimum absolute atomic E-state index is 0.0951. The van der Waals surface area contributed by atoms with Crippen molar-refractivity contribution >= 4 is 11.7 Å². The number of nitrogens with zero attached hydrogens (tertiary/aromatic N) is 5. The Morgan fingerprint density at radius 2 is 2.00 bits per heavy atom. The number of ether oxygens (including phenoxy) is 1. The summed E-state index contributed by atoms with van der Waals surface area (Å²) >= 11 is 0. The van der Waals surface area contributed by atoms with Gasteiger partial charge in [0.1, 0.15) is 0 Å². The average Bonchev–Trinajstić information content (AvgIpc) is 2.60. The molecule has 1 aromatic heterocycles. The van der Waals surface area contributed by atoms with Crippen molar-refractivity contribution in [1.29, 1.82) is 0 Å². The third-order valence-electron chi connectivity index (χ3n) is 3.97. The molecular weight excluding hydrogens is 310 g/mol. The van der Waals surface area contributed by atoms with Crippen molar-refractivity contribution in [1.82, 2.24) is 20.0 Å². The highest BCUT2D eigenvalue weighted by atomic mass is 16.5. The highest BCUT2D eigenvalue weighted by molar-refractivity contribution is 5.92. The first-order valence-electron chi connectivity index (χ1n) is 8.29. The summed E-state index contributed by atoms with van der Waals surface area (Å²) in [5.41, 5.74) is 0.366.